The number of benzene rings is 1. The average molecular weight is 367 g/mol. The molecule has 0 amide bonds. The highest BCUT2D eigenvalue weighted by Gasteiger charge is 2.44. The van der Waals surface area contributed by atoms with Crippen LogP contribution in [0.3, 0.4) is 0 Å². The molecule has 0 N–H and O–H groups in total. The fourth-order valence-electron chi connectivity index (χ4n) is 4.64. The molecule has 1 saturated carbocycles. The van der Waals surface area contributed by atoms with Crippen LogP contribution in [0.5, 0.6) is 0 Å². The van der Waals surface area contributed by atoms with Crippen molar-refractivity contribution in [2.24, 2.45) is 0 Å². The van der Waals surface area contributed by atoms with Crippen LogP contribution in [0.25, 0.3) is 11.3 Å². The van der Waals surface area contributed by atoms with E-state index >= 15 is 0 Å². The number of nitrogens with zero attached hydrogens (tertiary/aromatic N) is 2. The highest BCUT2D eigenvalue weighted by molar-refractivity contribution is 7.99. The van der Waals surface area contributed by atoms with E-state index < -0.39 is 0 Å². The molecule has 1 spiro atoms. The van der Waals surface area contributed by atoms with Gasteiger partial charge in [-0.1, -0.05) is 61.9 Å². The molecule has 0 atom stereocenters. The van der Waals surface area contributed by atoms with E-state index in [1.807, 2.05) is 10.6 Å². The molecule has 4 rings (SSSR count). The van der Waals surface area contributed by atoms with Crippen LogP contribution in [0.4, 0.5) is 0 Å². The molecule has 0 bridgehead atoms. The first-order valence-electron chi connectivity index (χ1n) is 9.67. The quantitative estimate of drug-likeness (QED) is 0.426. The molecular formula is C22H26N2OS. The summed E-state index contributed by atoms with van der Waals surface area (Å²) < 4.78 is 1.85. The van der Waals surface area contributed by atoms with Crippen LogP contribution < -0.4 is 5.56 Å². The van der Waals surface area contributed by atoms with Crippen LogP contribution in [0, 0.1) is 0 Å². The third kappa shape index (κ3) is 2.75. The van der Waals surface area contributed by atoms with Gasteiger partial charge in [0.15, 0.2) is 5.16 Å². The molecule has 2 aliphatic rings. The summed E-state index contributed by atoms with van der Waals surface area (Å²) in [4.78, 5) is 18.7. The van der Waals surface area contributed by atoms with Crippen molar-refractivity contribution in [3.05, 3.63) is 58.4 Å². The largest absolute Gasteiger partial charge is 0.283 e. The molecule has 0 aliphatic heterocycles. The van der Waals surface area contributed by atoms with Crippen molar-refractivity contribution in [1.82, 2.24) is 9.55 Å². The molecule has 4 heteroatoms. The molecule has 2 aromatic rings. The van der Waals surface area contributed by atoms with Crippen molar-refractivity contribution in [2.45, 2.75) is 62.6 Å². The highest BCUT2D eigenvalue weighted by Crippen LogP contribution is 2.49. The topological polar surface area (TPSA) is 34.9 Å². The van der Waals surface area contributed by atoms with Gasteiger partial charge in [0.2, 0.25) is 0 Å². The maximum atomic E-state index is 13.6. The lowest BCUT2D eigenvalue weighted by Crippen LogP contribution is -2.40. The predicted molar refractivity (Wildman–Crippen MR) is 109 cm³/mol. The number of hydrogen-bond acceptors (Lipinski definition) is 3. The van der Waals surface area contributed by atoms with Crippen LogP contribution in [0.2, 0.25) is 0 Å². The van der Waals surface area contributed by atoms with Crippen molar-refractivity contribution >= 4 is 11.8 Å². The first kappa shape index (κ1) is 17.6. The number of fused-ring (bicyclic) bond motifs is 4. The van der Waals surface area contributed by atoms with Gasteiger partial charge in [0.25, 0.3) is 5.56 Å². The molecule has 26 heavy (non-hydrogen) atoms. The molecule has 1 heterocycles. The van der Waals surface area contributed by atoms with Crippen molar-refractivity contribution in [3.8, 4) is 11.3 Å². The van der Waals surface area contributed by atoms with E-state index in [4.69, 9.17) is 4.98 Å². The SMILES string of the molecule is C=CCn1c(SCCC)nc2c(c1=O)C1(CCCC1)Cc1ccccc1-2. The molecule has 1 aromatic carbocycles. The number of allylic oxidation sites excluding steroid dienone is 1. The van der Waals surface area contributed by atoms with Gasteiger partial charge in [-0.3, -0.25) is 9.36 Å². The molecule has 136 valence electrons. The van der Waals surface area contributed by atoms with Gasteiger partial charge in [-0.25, -0.2) is 4.98 Å². The first-order chi connectivity index (χ1) is 12.7. The molecule has 3 nitrogen and oxygen atoms in total. The number of rotatable bonds is 5. The lowest BCUT2D eigenvalue weighted by Gasteiger charge is -2.36. The molecule has 0 unspecified atom stereocenters. The molecule has 0 saturated heterocycles. The van der Waals surface area contributed by atoms with Crippen molar-refractivity contribution < 1.29 is 0 Å². The van der Waals surface area contributed by atoms with Gasteiger partial charge in [0, 0.05) is 23.3 Å². The van der Waals surface area contributed by atoms with E-state index in [0.717, 1.165) is 53.4 Å². The first-order valence-corrected chi connectivity index (χ1v) is 10.7. The summed E-state index contributed by atoms with van der Waals surface area (Å²) in [6.07, 6.45) is 8.45. The summed E-state index contributed by atoms with van der Waals surface area (Å²) in [6, 6.07) is 8.52. The normalized spacial score (nSPS) is 17.1. The predicted octanol–water partition coefficient (Wildman–Crippen LogP) is 4.97. The van der Waals surface area contributed by atoms with Crippen LogP contribution in [0.15, 0.2) is 46.9 Å². The van der Waals surface area contributed by atoms with Crippen molar-refractivity contribution in [1.29, 1.82) is 0 Å². The second-order valence-corrected chi connectivity index (χ2v) is 8.55. The Bertz CT molecular complexity index is 894. The second-order valence-electron chi connectivity index (χ2n) is 7.49. The Kier molecular flexibility index (Phi) is 4.78. The summed E-state index contributed by atoms with van der Waals surface area (Å²) in [5.74, 6) is 0.967. The fraction of sp³-hybridized carbons (Fsp3) is 0.455. The lowest BCUT2D eigenvalue weighted by molar-refractivity contribution is 0.418. The zero-order valence-electron chi connectivity index (χ0n) is 15.5. The van der Waals surface area contributed by atoms with Gasteiger partial charge < -0.3 is 0 Å². The van der Waals surface area contributed by atoms with Crippen LogP contribution in [0.1, 0.15) is 50.2 Å². The van der Waals surface area contributed by atoms with E-state index in [1.165, 1.54) is 18.4 Å². The Labute approximate surface area is 159 Å². The van der Waals surface area contributed by atoms with E-state index in [2.05, 4.69) is 37.8 Å². The highest BCUT2D eigenvalue weighted by atomic mass is 32.2. The van der Waals surface area contributed by atoms with Crippen molar-refractivity contribution in [3.63, 3.8) is 0 Å². The Morgan fingerprint density at radius 2 is 2.08 bits per heavy atom. The van der Waals surface area contributed by atoms with Gasteiger partial charge in [0.1, 0.15) is 0 Å². The monoisotopic (exact) mass is 366 g/mol. The smallest absolute Gasteiger partial charge is 0.258 e. The van der Waals surface area contributed by atoms with E-state index in [-0.39, 0.29) is 11.0 Å². The minimum Gasteiger partial charge on any atom is -0.283 e. The van der Waals surface area contributed by atoms with Crippen molar-refractivity contribution in [2.75, 3.05) is 5.75 Å². The van der Waals surface area contributed by atoms with Gasteiger partial charge >= 0.3 is 0 Å². The standard InChI is InChI=1S/C22H26N2OS/c1-3-13-24-20(25)18-19(23-21(24)26-14-4-2)17-10-6-5-9-16(17)15-22(18)11-7-8-12-22/h3,5-6,9-10H,1,4,7-8,11-15H2,2H3. The van der Waals surface area contributed by atoms with E-state index in [0.29, 0.717) is 6.54 Å². The van der Waals surface area contributed by atoms with Crippen LogP contribution in [-0.2, 0) is 18.4 Å². The molecule has 2 aliphatic carbocycles. The van der Waals surface area contributed by atoms with Crippen LogP contribution in [-0.4, -0.2) is 15.3 Å². The Hall–Kier alpha value is -1.81. The second kappa shape index (κ2) is 7.07. The Morgan fingerprint density at radius 3 is 2.81 bits per heavy atom. The molecule has 1 fully saturated rings. The summed E-state index contributed by atoms with van der Waals surface area (Å²) in [5, 5.41) is 0.834. The number of aromatic nitrogens is 2. The Balaban J connectivity index is 2.00. The van der Waals surface area contributed by atoms with Gasteiger partial charge in [0.05, 0.1) is 11.3 Å². The number of thioether (sulfide) groups is 1. The molecule has 1 aromatic heterocycles. The van der Waals surface area contributed by atoms with Gasteiger partial charge in [-0.2, -0.15) is 0 Å². The number of hydrogen-bond donors (Lipinski definition) is 0. The molecular weight excluding hydrogens is 340 g/mol. The minimum absolute atomic E-state index is 0.0232. The lowest BCUT2D eigenvalue weighted by atomic mass is 9.68. The van der Waals surface area contributed by atoms with Gasteiger partial charge in [-0.15, -0.1) is 6.58 Å². The zero-order chi connectivity index (χ0) is 18.1. The third-order valence-electron chi connectivity index (χ3n) is 5.77. The maximum absolute atomic E-state index is 13.6. The summed E-state index contributed by atoms with van der Waals surface area (Å²) in [5.41, 5.74) is 4.55. The summed E-state index contributed by atoms with van der Waals surface area (Å²) in [7, 11) is 0. The van der Waals surface area contributed by atoms with Crippen LogP contribution >= 0.6 is 11.8 Å². The zero-order valence-corrected chi connectivity index (χ0v) is 16.3. The summed E-state index contributed by atoms with van der Waals surface area (Å²) in [6.45, 7) is 6.55. The fourth-order valence-corrected chi connectivity index (χ4v) is 5.49. The third-order valence-corrected chi connectivity index (χ3v) is 6.96. The van der Waals surface area contributed by atoms with Gasteiger partial charge in [-0.05, 0) is 31.2 Å². The van der Waals surface area contributed by atoms with E-state index in [9.17, 15) is 4.79 Å². The summed E-state index contributed by atoms with van der Waals surface area (Å²) >= 11 is 1.68. The maximum Gasteiger partial charge on any atom is 0.258 e. The minimum atomic E-state index is -0.0232. The van der Waals surface area contributed by atoms with E-state index in [1.54, 1.807) is 11.8 Å². The average Bonchev–Trinajstić information content (AvgIpc) is 3.11. The Morgan fingerprint density at radius 1 is 1.31 bits per heavy atom. The molecule has 0 radical (unpaired) electrons.